The molecule has 8 heteroatoms. The van der Waals surface area contributed by atoms with E-state index < -0.39 is 11.0 Å². The van der Waals surface area contributed by atoms with Gasteiger partial charge < -0.3 is 20.8 Å². The van der Waals surface area contributed by atoms with Gasteiger partial charge in [0.25, 0.3) is 0 Å². The van der Waals surface area contributed by atoms with E-state index in [2.05, 4.69) is 31.4 Å². The summed E-state index contributed by atoms with van der Waals surface area (Å²) in [5.41, 5.74) is -1.78. The smallest absolute Gasteiger partial charge is 0.226 e. The Kier molecular flexibility index (Phi) is 9.16. The predicted molar refractivity (Wildman–Crippen MR) is 136 cm³/mol. The Balaban J connectivity index is 3.07. The topological polar surface area (TPSA) is 104 Å². The second kappa shape index (κ2) is 10.3. The minimum Gasteiger partial charge on any atom is -0.494 e. The summed E-state index contributed by atoms with van der Waals surface area (Å²) in [5, 5.41) is 27.7. The van der Waals surface area contributed by atoms with Gasteiger partial charge in [0, 0.05) is 28.3 Å². The van der Waals surface area contributed by atoms with Gasteiger partial charge in [0.2, 0.25) is 11.8 Å². The Labute approximate surface area is 204 Å². The van der Waals surface area contributed by atoms with Crippen LogP contribution in [-0.4, -0.2) is 50.9 Å². The first-order chi connectivity index (χ1) is 14.7. The second-order valence-electron chi connectivity index (χ2n) is 12.2. The molecule has 0 radical (unpaired) electrons. The Bertz CT molecular complexity index is 851. The largest absolute Gasteiger partial charge is 0.494 e. The number of ketones is 1. The van der Waals surface area contributed by atoms with Gasteiger partial charge in [0.15, 0.2) is 5.88 Å². The van der Waals surface area contributed by atoms with Gasteiger partial charge in [-0.2, -0.15) is 0 Å². The number of likely N-dealkylation sites (N-methyl/N-ethyl adjacent to an activating group) is 1. The molecule has 1 unspecified atom stereocenters. The summed E-state index contributed by atoms with van der Waals surface area (Å²) in [7, 11) is 1.72. The zero-order valence-electron chi connectivity index (χ0n) is 22.3. The van der Waals surface area contributed by atoms with Crippen molar-refractivity contribution in [2.75, 3.05) is 12.8 Å². The van der Waals surface area contributed by atoms with Crippen LogP contribution in [0.5, 0.6) is 11.8 Å². The van der Waals surface area contributed by atoms with E-state index in [9.17, 15) is 19.8 Å². The Morgan fingerprint density at radius 2 is 1.58 bits per heavy atom. The van der Waals surface area contributed by atoms with Gasteiger partial charge in [0.05, 0.1) is 10.9 Å². The van der Waals surface area contributed by atoms with Crippen LogP contribution in [0, 0.1) is 10.8 Å². The first-order valence-electron chi connectivity index (χ1n) is 11.5. The SMILES string of the molecule is CNC(CSc1cc(O)n(C(C)(C)CC(C)(C)C(=O)NC(C)(C)CC(C)(C)C)c1O)C(C)=O. The van der Waals surface area contributed by atoms with E-state index in [-0.39, 0.29) is 40.4 Å². The molecule has 1 aromatic rings. The molecule has 1 atom stereocenters. The summed E-state index contributed by atoms with van der Waals surface area (Å²) in [6.07, 6.45) is 1.22. The number of hydrogen-bond donors (Lipinski definition) is 4. The molecule has 190 valence electrons. The summed E-state index contributed by atoms with van der Waals surface area (Å²) in [5.74, 6) is 0.234. The Morgan fingerprint density at radius 1 is 1.03 bits per heavy atom. The summed E-state index contributed by atoms with van der Waals surface area (Å²) in [6, 6.07) is 1.17. The minimum atomic E-state index is -0.749. The van der Waals surface area contributed by atoms with Crippen LogP contribution in [-0.2, 0) is 15.1 Å². The van der Waals surface area contributed by atoms with Gasteiger partial charge in [-0.25, -0.2) is 0 Å². The van der Waals surface area contributed by atoms with E-state index in [0.29, 0.717) is 17.1 Å². The van der Waals surface area contributed by atoms with Gasteiger partial charge >= 0.3 is 0 Å². The highest BCUT2D eigenvalue weighted by molar-refractivity contribution is 7.99. The van der Waals surface area contributed by atoms with Gasteiger partial charge in [-0.1, -0.05) is 34.6 Å². The lowest BCUT2D eigenvalue weighted by atomic mass is 9.77. The van der Waals surface area contributed by atoms with Crippen LogP contribution < -0.4 is 10.6 Å². The molecule has 1 amide bonds. The molecular weight excluding hydrogens is 438 g/mol. The monoisotopic (exact) mass is 483 g/mol. The summed E-state index contributed by atoms with van der Waals surface area (Å²) in [6.45, 7) is 19.6. The maximum Gasteiger partial charge on any atom is 0.226 e. The fourth-order valence-electron chi connectivity index (χ4n) is 4.83. The van der Waals surface area contributed by atoms with Crippen molar-refractivity contribution in [3.63, 3.8) is 0 Å². The maximum absolute atomic E-state index is 13.2. The zero-order chi connectivity index (χ0) is 26.0. The van der Waals surface area contributed by atoms with Crippen LogP contribution >= 0.6 is 11.8 Å². The van der Waals surface area contributed by atoms with E-state index >= 15 is 0 Å². The highest BCUT2D eigenvalue weighted by Gasteiger charge is 2.40. The number of amides is 1. The molecule has 4 N–H and O–H groups in total. The molecular formula is C25H45N3O4S. The lowest BCUT2D eigenvalue weighted by molar-refractivity contribution is -0.133. The molecule has 0 saturated carbocycles. The summed E-state index contributed by atoms with van der Waals surface area (Å²) >= 11 is 1.30. The molecule has 0 spiro atoms. The van der Waals surface area contributed by atoms with Gasteiger partial charge in [-0.3, -0.25) is 14.2 Å². The highest BCUT2D eigenvalue weighted by Crippen LogP contribution is 2.44. The maximum atomic E-state index is 13.2. The fraction of sp³-hybridized carbons (Fsp3) is 0.760. The number of Topliss-reactive ketones (excluding diaryl/α,β-unsaturated/α-hetero) is 1. The van der Waals surface area contributed by atoms with Gasteiger partial charge in [0.1, 0.15) is 5.78 Å². The van der Waals surface area contributed by atoms with Crippen molar-refractivity contribution < 1.29 is 19.8 Å². The van der Waals surface area contributed by atoms with Crippen molar-refractivity contribution in [1.82, 2.24) is 15.2 Å². The lowest BCUT2D eigenvalue weighted by Crippen LogP contribution is -2.51. The number of nitrogens with zero attached hydrogens (tertiary/aromatic N) is 1. The normalized spacial score (nSPS) is 14.3. The second-order valence-corrected chi connectivity index (χ2v) is 13.3. The number of nitrogens with one attached hydrogen (secondary N) is 2. The molecule has 0 fully saturated rings. The fourth-order valence-corrected chi connectivity index (χ4v) is 5.99. The average molecular weight is 484 g/mol. The van der Waals surface area contributed by atoms with E-state index in [1.165, 1.54) is 29.3 Å². The Morgan fingerprint density at radius 3 is 2.03 bits per heavy atom. The molecule has 1 heterocycles. The van der Waals surface area contributed by atoms with Crippen molar-refractivity contribution in [3.05, 3.63) is 6.07 Å². The molecule has 0 aliphatic carbocycles. The van der Waals surface area contributed by atoms with E-state index in [1.54, 1.807) is 7.05 Å². The third-order valence-corrected chi connectivity index (χ3v) is 6.80. The van der Waals surface area contributed by atoms with E-state index in [1.807, 2.05) is 41.5 Å². The molecule has 0 aliphatic rings. The summed E-state index contributed by atoms with van der Waals surface area (Å²) in [4.78, 5) is 25.4. The highest BCUT2D eigenvalue weighted by atomic mass is 32.2. The number of carbonyl (C=O) groups excluding carboxylic acids is 2. The zero-order valence-corrected chi connectivity index (χ0v) is 23.2. The molecule has 1 rings (SSSR count). The standard InChI is InChI=1S/C25H45N3O4S/c1-16(29)17(26-11)13-33-18-12-19(30)28(20(18)31)25(9,10)15-23(5,6)21(32)27-24(7,8)14-22(2,3)4/h12,17,26,30-31H,13-15H2,1-11H3,(H,27,32). The van der Waals surface area contributed by atoms with E-state index in [4.69, 9.17) is 0 Å². The van der Waals surface area contributed by atoms with Crippen LogP contribution in [0.2, 0.25) is 0 Å². The van der Waals surface area contributed by atoms with Gasteiger partial charge in [-0.05, 0) is 59.9 Å². The van der Waals surface area contributed by atoms with Gasteiger partial charge in [-0.15, -0.1) is 11.8 Å². The van der Waals surface area contributed by atoms with Crippen molar-refractivity contribution in [3.8, 4) is 11.8 Å². The number of thioether (sulfide) groups is 1. The lowest BCUT2D eigenvalue weighted by Gasteiger charge is -2.39. The van der Waals surface area contributed by atoms with Crippen LogP contribution in [0.1, 0.15) is 82.1 Å². The number of aromatic nitrogens is 1. The molecule has 0 aliphatic heterocycles. The molecule has 7 nitrogen and oxygen atoms in total. The molecule has 1 aromatic heterocycles. The first kappa shape index (κ1) is 29.4. The van der Waals surface area contributed by atoms with Crippen LogP contribution in [0.4, 0.5) is 0 Å². The van der Waals surface area contributed by atoms with Crippen molar-refractivity contribution >= 4 is 23.5 Å². The predicted octanol–water partition coefficient (Wildman–Crippen LogP) is 4.65. The van der Waals surface area contributed by atoms with Crippen molar-refractivity contribution in [2.24, 2.45) is 10.8 Å². The first-order valence-corrected chi connectivity index (χ1v) is 12.5. The molecule has 0 aromatic carbocycles. The van der Waals surface area contributed by atoms with Crippen LogP contribution in [0.25, 0.3) is 0 Å². The third kappa shape index (κ3) is 8.25. The molecule has 33 heavy (non-hydrogen) atoms. The van der Waals surface area contributed by atoms with Crippen LogP contribution in [0.15, 0.2) is 11.0 Å². The minimum absolute atomic E-state index is 0.00983. The van der Waals surface area contributed by atoms with Crippen molar-refractivity contribution in [2.45, 2.75) is 104 Å². The average Bonchev–Trinajstić information content (AvgIpc) is 2.85. The van der Waals surface area contributed by atoms with Crippen molar-refractivity contribution in [1.29, 1.82) is 0 Å². The van der Waals surface area contributed by atoms with Crippen LogP contribution in [0.3, 0.4) is 0 Å². The number of rotatable bonds is 11. The quantitative estimate of drug-likeness (QED) is 0.342. The molecule has 0 saturated heterocycles. The number of hydrogen-bond acceptors (Lipinski definition) is 6. The Hall–Kier alpha value is -1.67. The molecule has 0 bridgehead atoms. The van der Waals surface area contributed by atoms with E-state index in [0.717, 1.165) is 6.42 Å². The number of carbonyl (C=O) groups is 2. The summed E-state index contributed by atoms with van der Waals surface area (Å²) < 4.78 is 1.47. The number of aromatic hydroxyl groups is 2. The third-order valence-electron chi connectivity index (χ3n) is 5.68.